The van der Waals surface area contributed by atoms with Crippen molar-refractivity contribution in [1.82, 2.24) is 5.32 Å². The van der Waals surface area contributed by atoms with E-state index in [0.717, 1.165) is 25.9 Å². The summed E-state index contributed by atoms with van der Waals surface area (Å²) in [5, 5.41) is 3.31. The first-order chi connectivity index (χ1) is 5.79. The fourth-order valence-corrected chi connectivity index (χ4v) is 1.19. The predicted molar refractivity (Wildman–Crippen MR) is 46.6 cm³/mol. The molecule has 1 aliphatic rings. The van der Waals surface area contributed by atoms with Gasteiger partial charge in [-0.05, 0) is 18.9 Å². The van der Waals surface area contributed by atoms with E-state index >= 15 is 0 Å². The molecule has 0 saturated heterocycles. The second-order valence-corrected chi connectivity index (χ2v) is 3.60. The minimum Gasteiger partial charge on any atom is -0.472 e. The molecule has 12 heavy (non-hydrogen) atoms. The lowest BCUT2D eigenvalue weighted by molar-refractivity contribution is 0.548. The monoisotopic (exact) mass is 166 g/mol. The molecule has 3 heteroatoms. The van der Waals surface area contributed by atoms with Crippen molar-refractivity contribution in [3.05, 3.63) is 24.2 Å². The Bertz CT molecular complexity index is 239. The zero-order valence-electron chi connectivity index (χ0n) is 7.05. The van der Waals surface area contributed by atoms with Crippen LogP contribution in [0, 0.1) is 0 Å². The van der Waals surface area contributed by atoms with Crippen LogP contribution in [-0.4, -0.2) is 12.1 Å². The van der Waals surface area contributed by atoms with Crippen molar-refractivity contribution in [2.45, 2.75) is 24.9 Å². The summed E-state index contributed by atoms with van der Waals surface area (Å²) in [5.74, 6) is 0. The summed E-state index contributed by atoms with van der Waals surface area (Å²) in [6, 6.07) is 1.96. The summed E-state index contributed by atoms with van der Waals surface area (Å²) in [7, 11) is 0. The molecule has 1 aromatic rings. The molecule has 2 rings (SSSR count). The number of hydrogen-bond acceptors (Lipinski definition) is 3. The van der Waals surface area contributed by atoms with E-state index in [2.05, 4.69) is 5.32 Å². The van der Waals surface area contributed by atoms with E-state index < -0.39 is 0 Å². The molecule has 3 nitrogen and oxygen atoms in total. The van der Waals surface area contributed by atoms with Gasteiger partial charge in [-0.1, -0.05) is 0 Å². The standard InChI is InChI=1S/C9H14N2O/c10-9(2-3-9)7-11-5-8-1-4-12-6-8/h1,4,6,11H,2-3,5,7,10H2. The van der Waals surface area contributed by atoms with Gasteiger partial charge >= 0.3 is 0 Å². The van der Waals surface area contributed by atoms with Crippen LogP contribution in [0.1, 0.15) is 18.4 Å². The van der Waals surface area contributed by atoms with E-state index in [1.165, 1.54) is 5.56 Å². The van der Waals surface area contributed by atoms with E-state index in [1.54, 1.807) is 12.5 Å². The highest BCUT2D eigenvalue weighted by molar-refractivity contribution is 5.06. The molecule has 1 aromatic heterocycles. The van der Waals surface area contributed by atoms with Crippen LogP contribution in [0.3, 0.4) is 0 Å². The van der Waals surface area contributed by atoms with E-state index in [1.807, 2.05) is 6.07 Å². The van der Waals surface area contributed by atoms with Crippen LogP contribution in [0.5, 0.6) is 0 Å². The van der Waals surface area contributed by atoms with E-state index in [-0.39, 0.29) is 5.54 Å². The average Bonchev–Trinajstić information content (AvgIpc) is 2.61. The topological polar surface area (TPSA) is 51.2 Å². The third-order valence-electron chi connectivity index (χ3n) is 2.28. The molecule has 0 unspecified atom stereocenters. The smallest absolute Gasteiger partial charge is 0.0947 e. The van der Waals surface area contributed by atoms with Crippen LogP contribution in [0.4, 0.5) is 0 Å². The highest BCUT2D eigenvalue weighted by atomic mass is 16.3. The highest BCUT2D eigenvalue weighted by Crippen LogP contribution is 2.30. The molecule has 1 aliphatic carbocycles. The Morgan fingerprint density at radius 3 is 3.00 bits per heavy atom. The Labute approximate surface area is 71.9 Å². The van der Waals surface area contributed by atoms with Gasteiger partial charge in [0.1, 0.15) is 0 Å². The number of furan rings is 1. The molecule has 0 atom stereocenters. The molecule has 1 heterocycles. The first-order valence-electron chi connectivity index (χ1n) is 4.29. The second kappa shape index (κ2) is 2.92. The van der Waals surface area contributed by atoms with Crippen LogP contribution in [0.2, 0.25) is 0 Å². The van der Waals surface area contributed by atoms with Crippen LogP contribution in [0.25, 0.3) is 0 Å². The van der Waals surface area contributed by atoms with Gasteiger partial charge in [0.05, 0.1) is 12.5 Å². The Balaban J connectivity index is 1.69. The number of rotatable bonds is 4. The Morgan fingerprint density at radius 2 is 2.42 bits per heavy atom. The fraction of sp³-hybridized carbons (Fsp3) is 0.556. The summed E-state index contributed by atoms with van der Waals surface area (Å²) in [6.07, 6.45) is 5.76. The minimum atomic E-state index is 0.101. The van der Waals surface area contributed by atoms with Crippen LogP contribution in [-0.2, 0) is 6.54 Å². The molecule has 0 aromatic carbocycles. The molecule has 3 N–H and O–H groups in total. The van der Waals surface area contributed by atoms with Gasteiger partial charge in [0.25, 0.3) is 0 Å². The maximum absolute atomic E-state index is 5.90. The summed E-state index contributed by atoms with van der Waals surface area (Å²) in [6.45, 7) is 1.77. The summed E-state index contributed by atoms with van der Waals surface area (Å²) >= 11 is 0. The molecule has 0 spiro atoms. The van der Waals surface area contributed by atoms with Gasteiger partial charge in [-0.25, -0.2) is 0 Å². The Morgan fingerprint density at radius 1 is 1.58 bits per heavy atom. The molecule has 1 saturated carbocycles. The maximum Gasteiger partial charge on any atom is 0.0947 e. The van der Waals surface area contributed by atoms with Gasteiger partial charge in [0, 0.05) is 24.2 Å². The zero-order valence-corrected chi connectivity index (χ0v) is 7.05. The fourth-order valence-electron chi connectivity index (χ4n) is 1.19. The van der Waals surface area contributed by atoms with Crippen molar-refractivity contribution in [2.75, 3.05) is 6.54 Å². The predicted octanol–water partition coefficient (Wildman–Crippen LogP) is 0.860. The van der Waals surface area contributed by atoms with Crippen molar-refractivity contribution < 1.29 is 4.42 Å². The number of nitrogens with one attached hydrogen (secondary N) is 1. The molecule has 1 fully saturated rings. The van der Waals surface area contributed by atoms with E-state index in [9.17, 15) is 0 Å². The highest BCUT2D eigenvalue weighted by Gasteiger charge is 2.37. The second-order valence-electron chi connectivity index (χ2n) is 3.60. The third kappa shape index (κ3) is 1.87. The zero-order chi connectivity index (χ0) is 8.44. The van der Waals surface area contributed by atoms with Crippen molar-refractivity contribution in [1.29, 1.82) is 0 Å². The van der Waals surface area contributed by atoms with Crippen molar-refractivity contribution in [2.24, 2.45) is 5.73 Å². The normalized spacial score (nSPS) is 19.4. The first kappa shape index (κ1) is 7.83. The molecule has 0 aliphatic heterocycles. The molecule has 0 radical (unpaired) electrons. The number of nitrogens with two attached hydrogens (primary N) is 1. The van der Waals surface area contributed by atoms with Crippen molar-refractivity contribution >= 4 is 0 Å². The summed E-state index contributed by atoms with van der Waals surface area (Å²) in [4.78, 5) is 0. The average molecular weight is 166 g/mol. The van der Waals surface area contributed by atoms with Crippen LogP contribution in [0.15, 0.2) is 23.0 Å². The maximum atomic E-state index is 5.90. The van der Waals surface area contributed by atoms with Crippen LogP contribution >= 0.6 is 0 Å². The molecule has 0 amide bonds. The SMILES string of the molecule is NC1(CNCc2ccoc2)CC1. The Hall–Kier alpha value is -0.800. The van der Waals surface area contributed by atoms with Crippen molar-refractivity contribution in [3.8, 4) is 0 Å². The molecule has 0 bridgehead atoms. The molecular formula is C9H14N2O. The quantitative estimate of drug-likeness (QED) is 0.697. The van der Waals surface area contributed by atoms with Gasteiger partial charge in [-0.2, -0.15) is 0 Å². The van der Waals surface area contributed by atoms with Gasteiger partial charge in [0.15, 0.2) is 0 Å². The summed E-state index contributed by atoms with van der Waals surface area (Å²) in [5.41, 5.74) is 7.18. The van der Waals surface area contributed by atoms with Crippen molar-refractivity contribution in [3.63, 3.8) is 0 Å². The lowest BCUT2D eigenvalue weighted by Gasteiger charge is -2.08. The van der Waals surface area contributed by atoms with E-state index in [4.69, 9.17) is 10.2 Å². The van der Waals surface area contributed by atoms with Gasteiger partial charge in [0.2, 0.25) is 0 Å². The molecule has 66 valence electrons. The van der Waals surface area contributed by atoms with Gasteiger partial charge < -0.3 is 15.5 Å². The van der Waals surface area contributed by atoms with Crippen LogP contribution < -0.4 is 11.1 Å². The molecular weight excluding hydrogens is 152 g/mol. The van der Waals surface area contributed by atoms with E-state index in [0.29, 0.717) is 0 Å². The summed E-state index contributed by atoms with van der Waals surface area (Å²) < 4.78 is 4.94. The lowest BCUT2D eigenvalue weighted by Crippen LogP contribution is -2.35. The third-order valence-corrected chi connectivity index (χ3v) is 2.28. The number of hydrogen-bond donors (Lipinski definition) is 2. The Kier molecular flexibility index (Phi) is 1.90. The van der Waals surface area contributed by atoms with Gasteiger partial charge in [-0.15, -0.1) is 0 Å². The lowest BCUT2D eigenvalue weighted by atomic mass is 10.3. The first-order valence-corrected chi connectivity index (χ1v) is 4.29. The minimum absolute atomic E-state index is 0.101. The van der Waals surface area contributed by atoms with Gasteiger partial charge in [-0.3, -0.25) is 0 Å². The largest absolute Gasteiger partial charge is 0.472 e.